The maximum Gasteiger partial charge on any atom is 0.445 e. The number of alkyl halides is 5. The Morgan fingerprint density at radius 3 is 1.97 bits per heavy atom. The Morgan fingerprint density at radius 2 is 1.40 bits per heavy atom. The maximum atomic E-state index is 14.5. The fourth-order valence-electron chi connectivity index (χ4n) is 2.97. The molecule has 0 aliphatic carbocycles. The standard InChI is InChI=1S/C23H11F11O/c1-10-2-7-15(20(28)18(10)26)23(33,34)35-12-4-6-13(17(25)9-12)11-3-5-14(16(24)8-11)19(27)21(29)22(30,31)32/h2-9H,1H3/b21-19+. The van der Waals surface area contributed by atoms with E-state index in [0.29, 0.717) is 24.3 Å². The molecule has 0 aliphatic heterocycles. The van der Waals surface area contributed by atoms with Crippen molar-refractivity contribution >= 4 is 5.83 Å². The van der Waals surface area contributed by atoms with Crippen molar-refractivity contribution in [3.63, 3.8) is 0 Å². The quantitative estimate of drug-likeness (QED) is 0.312. The lowest BCUT2D eigenvalue weighted by molar-refractivity contribution is -0.187. The highest BCUT2D eigenvalue weighted by Gasteiger charge is 2.40. The van der Waals surface area contributed by atoms with E-state index < -0.39 is 69.6 Å². The van der Waals surface area contributed by atoms with Crippen molar-refractivity contribution in [2.75, 3.05) is 0 Å². The van der Waals surface area contributed by atoms with Crippen LogP contribution < -0.4 is 4.74 Å². The Labute approximate surface area is 190 Å². The van der Waals surface area contributed by atoms with Crippen molar-refractivity contribution in [2.45, 2.75) is 19.2 Å². The number of hydrogen-bond acceptors (Lipinski definition) is 1. The van der Waals surface area contributed by atoms with Crippen molar-refractivity contribution in [3.05, 3.63) is 94.3 Å². The van der Waals surface area contributed by atoms with Crippen LogP contribution in [-0.2, 0) is 6.11 Å². The van der Waals surface area contributed by atoms with Gasteiger partial charge in [-0.1, -0.05) is 12.1 Å². The van der Waals surface area contributed by atoms with Crippen LogP contribution in [0, 0.1) is 30.2 Å². The van der Waals surface area contributed by atoms with Gasteiger partial charge in [0.2, 0.25) is 5.83 Å². The van der Waals surface area contributed by atoms with E-state index in [-0.39, 0.29) is 11.1 Å². The zero-order chi connectivity index (χ0) is 26.3. The lowest BCUT2D eigenvalue weighted by Crippen LogP contribution is -2.24. The minimum atomic E-state index is -5.70. The molecule has 35 heavy (non-hydrogen) atoms. The van der Waals surface area contributed by atoms with Gasteiger partial charge >= 0.3 is 12.3 Å². The smallest absolute Gasteiger partial charge is 0.429 e. The Kier molecular flexibility index (Phi) is 6.87. The summed E-state index contributed by atoms with van der Waals surface area (Å²) in [6.07, 6.45) is -10.1. The van der Waals surface area contributed by atoms with E-state index in [4.69, 9.17) is 0 Å². The molecule has 0 amide bonds. The van der Waals surface area contributed by atoms with E-state index in [1.54, 1.807) is 0 Å². The van der Waals surface area contributed by atoms with E-state index >= 15 is 0 Å². The minimum Gasteiger partial charge on any atom is -0.429 e. The molecule has 3 aromatic carbocycles. The number of halogens is 11. The molecular weight excluding hydrogens is 501 g/mol. The summed E-state index contributed by atoms with van der Waals surface area (Å²) in [6.45, 7) is 1.14. The van der Waals surface area contributed by atoms with E-state index in [0.717, 1.165) is 31.2 Å². The van der Waals surface area contributed by atoms with Crippen molar-refractivity contribution in [1.82, 2.24) is 0 Å². The summed E-state index contributed by atoms with van der Waals surface area (Å²) < 4.78 is 153. The Bertz CT molecular complexity index is 1310. The van der Waals surface area contributed by atoms with Crippen LogP contribution in [0.3, 0.4) is 0 Å². The third kappa shape index (κ3) is 5.25. The lowest BCUT2D eigenvalue weighted by Gasteiger charge is -2.20. The van der Waals surface area contributed by atoms with Gasteiger partial charge in [-0.25, -0.2) is 22.0 Å². The third-order valence-corrected chi connectivity index (χ3v) is 4.73. The van der Waals surface area contributed by atoms with Crippen molar-refractivity contribution in [3.8, 4) is 16.9 Å². The SMILES string of the molecule is Cc1ccc(C(F)(F)Oc2ccc(-c3ccc(/C(F)=C(\F)C(F)(F)F)c(F)c3)c(F)c2)c(F)c1F. The molecular formula is C23H11F11O. The van der Waals surface area contributed by atoms with Gasteiger partial charge in [0.05, 0.1) is 0 Å². The van der Waals surface area contributed by atoms with Crippen LogP contribution in [0.25, 0.3) is 17.0 Å². The topological polar surface area (TPSA) is 9.23 Å². The molecule has 0 aliphatic rings. The predicted molar refractivity (Wildman–Crippen MR) is 103 cm³/mol. The second kappa shape index (κ2) is 9.23. The molecule has 186 valence electrons. The fourth-order valence-corrected chi connectivity index (χ4v) is 2.97. The van der Waals surface area contributed by atoms with Crippen molar-refractivity contribution < 1.29 is 53.0 Å². The summed E-state index contributed by atoms with van der Waals surface area (Å²) in [5, 5.41) is 0. The molecule has 3 aromatic rings. The Morgan fingerprint density at radius 1 is 0.743 bits per heavy atom. The average Bonchev–Trinajstić information content (AvgIpc) is 2.75. The van der Waals surface area contributed by atoms with Gasteiger partial charge in [-0.15, -0.1) is 0 Å². The van der Waals surface area contributed by atoms with Crippen molar-refractivity contribution in [1.29, 1.82) is 0 Å². The lowest BCUT2D eigenvalue weighted by atomic mass is 10.0. The fraction of sp³-hybridized carbons (Fsp3) is 0.130. The molecule has 12 heteroatoms. The molecule has 1 nitrogen and oxygen atoms in total. The second-order valence-corrected chi connectivity index (χ2v) is 7.14. The summed E-state index contributed by atoms with van der Waals surface area (Å²) in [7, 11) is 0. The van der Waals surface area contributed by atoms with Crippen LogP contribution in [-0.4, -0.2) is 6.18 Å². The number of benzene rings is 3. The van der Waals surface area contributed by atoms with E-state index in [1.165, 1.54) is 0 Å². The van der Waals surface area contributed by atoms with Crippen LogP contribution in [0.2, 0.25) is 0 Å². The average molecular weight is 512 g/mol. The molecule has 0 spiro atoms. The number of ether oxygens (including phenoxy) is 1. The van der Waals surface area contributed by atoms with Gasteiger partial charge in [-0.3, -0.25) is 0 Å². The van der Waals surface area contributed by atoms with Gasteiger partial charge in [-0.2, -0.15) is 26.3 Å². The van der Waals surface area contributed by atoms with Crippen LogP contribution in [0.1, 0.15) is 16.7 Å². The first-order valence-electron chi connectivity index (χ1n) is 9.37. The largest absolute Gasteiger partial charge is 0.445 e. The summed E-state index contributed by atoms with van der Waals surface area (Å²) in [4.78, 5) is 0. The van der Waals surface area contributed by atoms with Gasteiger partial charge in [-0.05, 0) is 48.4 Å². The number of rotatable bonds is 5. The van der Waals surface area contributed by atoms with Crippen LogP contribution in [0.4, 0.5) is 48.3 Å². The Hall–Kier alpha value is -3.57. The summed E-state index contributed by atoms with van der Waals surface area (Å²) in [5.41, 5.74) is -3.92. The molecule has 0 bridgehead atoms. The monoisotopic (exact) mass is 512 g/mol. The molecule has 0 radical (unpaired) electrons. The molecule has 0 atom stereocenters. The first-order chi connectivity index (χ1) is 16.1. The zero-order valence-corrected chi connectivity index (χ0v) is 17.2. The van der Waals surface area contributed by atoms with Crippen LogP contribution >= 0.6 is 0 Å². The second-order valence-electron chi connectivity index (χ2n) is 7.14. The first-order valence-corrected chi connectivity index (χ1v) is 9.37. The molecule has 3 rings (SSSR count). The minimum absolute atomic E-state index is 0.243. The highest BCUT2D eigenvalue weighted by atomic mass is 19.4. The summed E-state index contributed by atoms with van der Waals surface area (Å²) in [5.74, 6) is -12.9. The molecule has 0 N–H and O–H groups in total. The van der Waals surface area contributed by atoms with Crippen molar-refractivity contribution in [2.24, 2.45) is 0 Å². The molecule has 0 saturated heterocycles. The molecule has 0 aromatic heterocycles. The maximum absolute atomic E-state index is 14.5. The van der Waals surface area contributed by atoms with Gasteiger partial charge < -0.3 is 4.74 Å². The van der Waals surface area contributed by atoms with E-state index in [1.807, 2.05) is 0 Å². The number of hydrogen-bond donors (Lipinski definition) is 0. The normalized spacial score (nSPS) is 13.0. The van der Waals surface area contributed by atoms with Crippen LogP contribution in [0.5, 0.6) is 5.75 Å². The van der Waals surface area contributed by atoms with E-state index in [9.17, 15) is 48.3 Å². The zero-order valence-electron chi connectivity index (χ0n) is 17.2. The molecule has 0 fully saturated rings. The predicted octanol–water partition coefficient (Wildman–Crippen LogP) is 8.52. The van der Waals surface area contributed by atoms with Gasteiger partial charge in [0, 0.05) is 17.2 Å². The van der Waals surface area contributed by atoms with Gasteiger partial charge in [0.15, 0.2) is 17.5 Å². The molecule has 0 saturated carbocycles. The first kappa shape index (κ1) is 26.0. The van der Waals surface area contributed by atoms with Crippen LogP contribution in [0.15, 0.2) is 54.4 Å². The van der Waals surface area contributed by atoms with Gasteiger partial charge in [0.1, 0.15) is 22.9 Å². The third-order valence-electron chi connectivity index (χ3n) is 4.73. The number of allylic oxidation sites excluding steroid dienone is 1. The number of aryl methyl sites for hydroxylation is 1. The highest BCUT2D eigenvalue weighted by molar-refractivity contribution is 5.70. The molecule has 0 unspecified atom stereocenters. The highest BCUT2D eigenvalue weighted by Crippen LogP contribution is 2.38. The van der Waals surface area contributed by atoms with Gasteiger partial charge in [0.25, 0.3) is 0 Å². The molecule has 0 heterocycles. The summed E-state index contributed by atoms with van der Waals surface area (Å²) >= 11 is 0. The summed E-state index contributed by atoms with van der Waals surface area (Å²) in [6, 6.07) is 5.03. The Balaban J connectivity index is 1.91. The van der Waals surface area contributed by atoms with E-state index in [2.05, 4.69) is 4.74 Å².